The van der Waals surface area contributed by atoms with E-state index in [9.17, 15) is 0 Å². The molecular weight excluding hydrogens is 302 g/mol. The Morgan fingerprint density at radius 1 is 1.12 bits per heavy atom. The molecule has 0 aliphatic carbocycles. The lowest BCUT2D eigenvalue weighted by Gasteiger charge is -2.30. The minimum atomic E-state index is 0.786. The van der Waals surface area contributed by atoms with Gasteiger partial charge in [0.1, 0.15) is 11.6 Å². The van der Waals surface area contributed by atoms with Crippen LogP contribution in [-0.2, 0) is 4.74 Å². The van der Waals surface area contributed by atoms with E-state index in [4.69, 9.17) is 14.5 Å². The van der Waals surface area contributed by atoms with Gasteiger partial charge in [0.05, 0.1) is 31.4 Å². The summed E-state index contributed by atoms with van der Waals surface area (Å²) in [7, 11) is 1.67. The maximum Gasteiger partial charge on any atom is 0.138 e. The Morgan fingerprint density at radius 3 is 2.75 bits per heavy atom. The van der Waals surface area contributed by atoms with Crippen LogP contribution in [0.4, 0.5) is 5.69 Å². The summed E-state index contributed by atoms with van der Waals surface area (Å²) in [5, 5.41) is 0. The summed E-state index contributed by atoms with van der Waals surface area (Å²) >= 11 is 0. The van der Waals surface area contributed by atoms with Crippen LogP contribution in [0.1, 0.15) is 5.56 Å². The third-order valence-electron chi connectivity index (χ3n) is 4.52. The topological polar surface area (TPSA) is 50.4 Å². The lowest BCUT2D eigenvalue weighted by Crippen LogP contribution is -2.36. The number of nitrogens with one attached hydrogen (secondary N) is 1. The number of benzene rings is 2. The maximum absolute atomic E-state index is 5.47. The van der Waals surface area contributed by atoms with Crippen LogP contribution in [0, 0.1) is 6.92 Å². The van der Waals surface area contributed by atoms with Crippen molar-refractivity contribution < 1.29 is 9.47 Å². The molecule has 0 spiro atoms. The third kappa shape index (κ3) is 2.71. The molecule has 124 valence electrons. The molecule has 1 saturated heterocycles. The van der Waals surface area contributed by atoms with Crippen LogP contribution in [0.25, 0.3) is 22.4 Å². The molecule has 3 aromatic rings. The van der Waals surface area contributed by atoms with Gasteiger partial charge in [-0.2, -0.15) is 0 Å². The molecule has 1 fully saturated rings. The summed E-state index contributed by atoms with van der Waals surface area (Å²) in [6, 6.07) is 12.4. The first-order valence-electron chi connectivity index (χ1n) is 8.22. The maximum atomic E-state index is 5.47. The number of rotatable bonds is 3. The summed E-state index contributed by atoms with van der Waals surface area (Å²) in [6.07, 6.45) is 0. The van der Waals surface area contributed by atoms with Crippen LogP contribution in [-0.4, -0.2) is 43.4 Å². The third-order valence-corrected chi connectivity index (χ3v) is 4.52. The van der Waals surface area contributed by atoms with Gasteiger partial charge in [-0.15, -0.1) is 0 Å². The molecule has 1 aromatic heterocycles. The van der Waals surface area contributed by atoms with Crippen LogP contribution in [0.3, 0.4) is 0 Å². The molecule has 5 heteroatoms. The molecule has 4 rings (SSSR count). The zero-order valence-electron chi connectivity index (χ0n) is 14.0. The second-order valence-electron chi connectivity index (χ2n) is 6.07. The van der Waals surface area contributed by atoms with Gasteiger partial charge >= 0.3 is 0 Å². The van der Waals surface area contributed by atoms with E-state index in [0.29, 0.717) is 0 Å². The number of aryl methyl sites for hydroxylation is 1. The molecule has 1 aliphatic heterocycles. The second kappa shape index (κ2) is 6.17. The average Bonchev–Trinajstić information content (AvgIpc) is 3.06. The van der Waals surface area contributed by atoms with E-state index in [-0.39, 0.29) is 0 Å². The van der Waals surface area contributed by atoms with Crippen molar-refractivity contribution in [3.63, 3.8) is 0 Å². The predicted octanol–water partition coefficient (Wildman–Crippen LogP) is 3.38. The standard InChI is InChI=1S/C19H21N3O2/c1-13-3-4-14(11-18(13)22-7-9-24-10-8-22)19-20-16-6-5-15(23-2)12-17(16)21-19/h3-6,11-12H,7-10H2,1-2H3,(H,20,21). The van der Waals surface area contributed by atoms with E-state index in [1.54, 1.807) is 7.11 Å². The molecule has 0 amide bonds. The first-order valence-corrected chi connectivity index (χ1v) is 8.22. The summed E-state index contributed by atoms with van der Waals surface area (Å²) in [5.41, 5.74) is 5.56. The Kier molecular flexibility index (Phi) is 3.86. The minimum absolute atomic E-state index is 0.786. The molecule has 1 N–H and O–H groups in total. The molecule has 24 heavy (non-hydrogen) atoms. The van der Waals surface area contributed by atoms with Crippen LogP contribution in [0.2, 0.25) is 0 Å². The van der Waals surface area contributed by atoms with E-state index in [1.165, 1.54) is 11.3 Å². The minimum Gasteiger partial charge on any atom is -0.497 e. The number of anilines is 1. The van der Waals surface area contributed by atoms with Gasteiger partial charge in [0.25, 0.3) is 0 Å². The Bertz CT molecular complexity index is 866. The molecule has 0 unspecified atom stereocenters. The van der Waals surface area contributed by atoms with Gasteiger partial charge in [0.15, 0.2) is 0 Å². The van der Waals surface area contributed by atoms with Gasteiger partial charge < -0.3 is 19.4 Å². The highest BCUT2D eigenvalue weighted by Crippen LogP contribution is 2.29. The van der Waals surface area contributed by atoms with Gasteiger partial charge in [-0.1, -0.05) is 12.1 Å². The number of fused-ring (bicyclic) bond motifs is 1. The molecule has 2 aromatic carbocycles. The van der Waals surface area contributed by atoms with Gasteiger partial charge in [-0.05, 0) is 30.7 Å². The van der Waals surface area contributed by atoms with Crippen molar-refractivity contribution in [1.29, 1.82) is 0 Å². The fraction of sp³-hybridized carbons (Fsp3) is 0.316. The number of aromatic nitrogens is 2. The van der Waals surface area contributed by atoms with E-state index in [1.807, 2.05) is 18.2 Å². The summed E-state index contributed by atoms with van der Waals surface area (Å²) < 4.78 is 10.8. The second-order valence-corrected chi connectivity index (χ2v) is 6.07. The molecule has 2 heterocycles. The SMILES string of the molecule is COc1ccc2nc(-c3ccc(C)c(N4CCOCC4)c3)[nH]c2c1. The number of nitrogens with zero attached hydrogens (tertiary/aromatic N) is 2. The number of hydrogen-bond acceptors (Lipinski definition) is 4. The average molecular weight is 323 g/mol. The van der Waals surface area contributed by atoms with Crippen LogP contribution >= 0.6 is 0 Å². The van der Waals surface area contributed by atoms with Crippen molar-refractivity contribution >= 4 is 16.7 Å². The zero-order chi connectivity index (χ0) is 16.5. The fourth-order valence-corrected chi connectivity index (χ4v) is 3.15. The smallest absolute Gasteiger partial charge is 0.138 e. The first-order chi connectivity index (χ1) is 11.7. The lowest BCUT2D eigenvalue weighted by molar-refractivity contribution is 0.122. The molecule has 0 atom stereocenters. The van der Waals surface area contributed by atoms with Crippen molar-refractivity contribution in [1.82, 2.24) is 9.97 Å². The van der Waals surface area contributed by atoms with E-state index < -0.39 is 0 Å². The van der Waals surface area contributed by atoms with Gasteiger partial charge in [-0.3, -0.25) is 0 Å². The Hall–Kier alpha value is -2.53. The number of methoxy groups -OCH3 is 1. The monoisotopic (exact) mass is 323 g/mol. The number of imidazole rings is 1. The van der Waals surface area contributed by atoms with E-state index in [0.717, 1.165) is 54.5 Å². The Morgan fingerprint density at radius 2 is 1.96 bits per heavy atom. The Labute approximate surface area is 141 Å². The van der Waals surface area contributed by atoms with E-state index in [2.05, 4.69) is 35.0 Å². The van der Waals surface area contributed by atoms with Crippen molar-refractivity contribution in [2.24, 2.45) is 0 Å². The molecule has 0 radical (unpaired) electrons. The Balaban J connectivity index is 1.73. The molecule has 0 bridgehead atoms. The molecule has 0 saturated carbocycles. The number of H-pyrrole nitrogens is 1. The van der Waals surface area contributed by atoms with Crippen LogP contribution in [0.15, 0.2) is 36.4 Å². The quantitative estimate of drug-likeness (QED) is 0.803. The number of ether oxygens (including phenoxy) is 2. The largest absolute Gasteiger partial charge is 0.497 e. The first kappa shape index (κ1) is 15.0. The predicted molar refractivity (Wildman–Crippen MR) is 95.9 cm³/mol. The van der Waals surface area contributed by atoms with E-state index >= 15 is 0 Å². The summed E-state index contributed by atoms with van der Waals surface area (Å²) in [4.78, 5) is 10.5. The van der Waals surface area contributed by atoms with Gasteiger partial charge in [0.2, 0.25) is 0 Å². The normalized spacial score (nSPS) is 15.0. The van der Waals surface area contributed by atoms with Crippen molar-refractivity contribution in [3.05, 3.63) is 42.0 Å². The van der Waals surface area contributed by atoms with Gasteiger partial charge in [0, 0.05) is 30.4 Å². The number of aromatic amines is 1. The molecular formula is C19H21N3O2. The highest BCUT2D eigenvalue weighted by atomic mass is 16.5. The fourth-order valence-electron chi connectivity index (χ4n) is 3.15. The van der Waals surface area contributed by atoms with Gasteiger partial charge in [-0.25, -0.2) is 4.98 Å². The van der Waals surface area contributed by atoms with Crippen molar-refractivity contribution in [2.45, 2.75) is 6.92 Å². The van der Waals surface area contributed by atoms with Crippen LogP contribution in [0.5, 0.6) is 5.75 Å². The summed E-state index contributed by atoms with van der Waals surface area (Å²) in [5.74, 6) is 1.71. The van der Waals surface area contributed by atoms with Crippen molar-refractivity contribution in [3.8, 4) is 17.1 Å². The molecule has 5 nitrogen and oxygen atoms in total. The molecule has 1 aliphatic rings. The zero-order valence-corrected chi connectivity index (χ0v) is 14.0. The highest BCUT2D eigenvalue weighted by Gasteiger charge is 2.15. The van der Waals surface area contributed by atoms with Crippen LogP contribution < -0.4 is 9.64 Å². The lowest BCUT2D eigenvalue weighted by atomic mass is 10.1. The highest BCUT2D eigenvalue weighted by molar-refractivity contribution is 5.81. The van der Waals surface area contributed by atoms with Crippen molar-refractivity contribution in [2.75, 3.05) is 38.3 Å². The number of hydrogen-bond donors (Lipinski definition) is 1. The summed E-state index contributed by atoms with van der Waals surface area (Å²) in [6.45, 7) is 5.59. The number of morpholine rings is 1.